The molecule has 3 aliphatic rings. The highest BCUT2D eigenvalue weighted by Crippen LogP contribution is 2.59. The van der Waals surface area contributed by atoms with E-state index >= 15 is 0 Å². The lowest BCUT2D eigenvalue weighted by molar-refractivity contribution is -0.149. The van der Waals surface area contributed by atoms with Crippen LogP contribution in [-0.4, -0.2) is 88.1 Å². The van der Waals surface area contributed by atoms with Crippen LogP contribution in [0.4, 0.5) is 0 Å². The Bertz CT molecular complexity index is 1090. The third kappa shape index (κ3) is 6.50. The summed E-state index contributed by atoms with van der Waals surface area (Å²) in [5.41, 5.74) is 0.00930. The fourth-order valence-corrected chi connectivity index (χ4v) is 7.28. The van der Waals surface area contributed by atoms with Crippen molar-refractivity contribution in [3.63, 3.8) is 0 Å². The fraction of sp³-hybridized carbons (Fsp3) is 0.618. The van der Waals surface area contributed by atoms with Gasteiger partial charge in [-0.25, -0.2) is 0 Å². The van der Waals surface area contributed by atoms with Gasteiger partial charge in [-0.15, -0.1) is 13.2 Å². The monoisotopic (exact) mass is 579 g/mol. The molecule has 3 saturated heterocycles. The summed E-state index contributed by atoms with van der Waals surface area (Å²) in [4.78, 5) is 48.2. The maximum absolute atomic E-state index is 14.4. The van der Waals surface area contributed by atoms with Crippen LogP contribution in [0.2, 0.25) is 0 Å². The van der Waals surface area contributed by atoms with Crippen LogP contribution in [0.15, 0.2) is 55.6 Å². The van der Waals surface area contributed by atoms with Crippen molar-refractivity contribution in [1.29, 1.82) is 0 Å². The summed E-state index contributed by atoms with van der Waals surface area (Å²) in [5.74, 6) is -1.65. The molecular weight excluding hydrogens is 530 g/mol. The lowest BCUT2D eigenvalue weighted by Gasteiger charge is -2.37. The summed E-state index contributed by atoms with van der Waals surface area (Å²) < 4.78 is 6.69. The first kappa shape index (κ1) is 32.0. The standard InChI is InChI=1S/C34H49N3O5/c1-4-7-13-22-35(20-5-2)33(41)30-34-19-18-27(42-34)28(29(34)32(40)37(30)23-14-8-9-15-24-38)31(39)36(21-6-3)25-26-16-11-10-12-17-26/h5-6,10-12,16-17,27-30,38H,2-4,7-9,13-15,18-25H2,1H3/t27-,28+,29+,30?,34?/m1/s1. The van der Waals surface area contributed by atoms with Crippen molar-refractivity contribution in [3.05, 3.63) is 61.2 Å². The quantitative estimate of drug-likeness (QED) is 0.207. The topological polar surface area (TPSA) is 90.4 Å². The van der Waals surface area contributed by atoms with E-state index in [-0.39, 0.29) is 30.4 Å². The molecule has 8 nitrogen and oxygen atoms in total. The number of aliphatic hydroxyl groups is 1. The molecule has 1 aromatic carbocycles. The molecule has 3 fully saturated rings. The van der Waals surface area contributed by atoms with Crippen molar-refractivity contribution >= 4 is 17.7 Å². The van der Waals surface area contributed by atoms with Crippen LogP contribution < -0.4 is 0 Å². The van der Waals surface area contributed by atoms with Crippen molar-refractivity contribution in [2.45, 2.75) is 89.0 Å². The van der Waals surface area contributed by atoms with Crippen molar-refractivity contribution in [2.75, 3.05) is 32.8 Å². The molecule has 3 aliphatic heterocycles. The van der Waals surface area contributed by atoms with Gasteiger partial charge in [-0.3, -0.25) is 14.4 Å². The van der Waals surface area contributed by atoms with Gasteiger partial charge in [0.05, 0.1) is 17.9 Å². The van der Waals surface area contributed by atoms with Crippen molar-refractivity contribution < 1.29 is 24.2 Å². The Balaban J connectivity index is 1.64. The van der Waals surface area contributed by atoms with E-state index in [0.29, 0.717) is 45.6 Å². The van der Waals surface area contributed by atoms with Gasteiger partial charge >= 0.3 is 0 Å². The second kappa shape index (κ2) is 15.0. The summed E-state index contributed by atoms with van der Waals surface area (Å²) in [5, 5.41) is 9.19. The van der Waals surface area contributed by atoms with E-state index in [2.05, 4.69) is 20.1 Å². The van der Waals surface area contributed by atoms with Crippen LogP contribution in [0.3, 0.4) is 0 Å². The number of carbonyl (C=O) groups is 3. The van der Waals surface area contributed by atoms with E-state index < -0.39 is 23.5 Å². The van der Waals surface area contributed by atoms with Gasteiger partial charge in [-0.2, -0.15) is 0 Å². The molecule has 3 heterocycles. The van der Waals surface area contributed by atoms with Gasteiger partial charge in [0, 0.05) is 39.3 Å². The molecule has 8 heteroatoms. The Morgan fingerprint density at radius 3 is 2.43 bits per heavy atom. The maximum atomic E-state index is 14.4. The van der Waals surface area contributed by atoms with Gasteiger partial charge in [0.1, 0.15) is 11.6 Å². The number of ether oxygens (including phenoxy) is 1. The largest absolute Gasteiger partial charge is 0.396 e. The van der Waals surface area contributed by atoms with Gasteiger partial charge in [0.15, 0.2) is 0 Å². The van der Waals surface area contributed by atoms with Crippen LogP contribution in [-0.2, 0) is 25.7 Å². The number of unbranched alkanes of at least 4 members (excludes halogenated alkanes) is 5. The van der Waals surface area contributed by atoms with Crippen molar-refractivity contribution in [1.82, 2.24) is 14.7 Å². The van der Waals surface area contributed by atoms with Crippen LogP contribution in [0.25, 0.3) is 0 Å². The Hall–Kier alpha value is -2.97. The summed E-state index contributed by atoms with van der Waals surface area (Å²) in [7, 11) is 0. The number of benzene rings is 1. The smallest absolute Gasteiger partial charge is 0.248 e. The molecule has 0 radical (unpaired) electrons. The molecular formula is C34H49N3O5. The highest BCUT2D eigenvalue weighted by Gasteiger charge is 2.74. The molecule has 2 unspecified atom stereocenters. The average Bonchev–Trinajstić information content (AvgIpc) is 3.64. The normalized spacial score (nSPS) is 25.9. The lowest BCUT2D eigenvalue weighted by atomic mass is 9.70. The zero-order chi connectivity index (χ0) is 30.1. The van der Waals surface area contributed by atoms with Gasteiger partial charge < -0.3 is 24.5 Å². The molecule has 2 bridgehead atoms. The predicted molar refractivity (Wildman–Crippen MR) is 163 cm³/mol. The van der Waals surface area contributed by atoms with Crippen LogP contribution >= 0.6 is 0 Å². The Morgan fingerprint density at radius 2 is 1.74 bits per heavy atom. The minimum absolute atomic E-state index is 0.0989. The molecule has 1 N–H and O–H groups in total. The molecule has 1 aromatic rings. The first-order valence-corrected chi connectivity index (χ1v) is 15.9. The summed E-state index contributed by atoms with van der Waals surface area (Å²) in [6.45, 7) is 12.3. The summed E-state index contributed by atoms with van der Waals surface area (Å²) in [6.07, 6.45) is 10.4. The van der Waals surface area contributed by atoms with E-state index in [4.69, 9.17) is 4.74 Å². The molecule has 1 spiro atoms. The summed E-state index contributed by atoms with van der Waals surface area (Å²) in [6, 6.07) is 9.07. The Kier molecular flexibility index (Phi) is 11.4. The second-order valence-electron chi connectivity index (χ2n) is 12.0. The van der Waals surface area contributed by atoms with Gasteiger partial charge in [0.2, 0.25) is 17.7 Å². The number of hydrogen-bond acceptors (Lipinski definition) is 5. The van der Waals surface area contributed by atoms with Crippen molar-refractivity contribution in [2.24, 2.45) is 11.8 Å². The lowest BCUT2D eigenvalue weighted by Crippen LogP contribution is -2.56. The molecule has 4 rings (SSSR count). The highest BCUT2D eigenvalue weighted by molar-refractivity contribution is 5.99. The van der Waals surface area contributed by atoms with E-state index in [1.165, 1.54) is 0 Å². The molecule has 0 aliphatic carbocycles. The molecule has 5 atom stereocenters. The third-order valence-electron chi connectivity index (χ3n) is 9.20. The van der Waals surface area contributed by atoms with Gasteiger partial charge in [-0.05, 0) is 37.7 Å². The van der Waals surface area contributed by atoms with E-state index in [9.17, 15) is 19.5 Å². The van der Waals surface area contributed by atoms with Gasteiger partial charge in [-0.1, -0.05) is 75.1 Å². The van der Waals surface area contributed by atoms with Crippen molar-refractivity contribution in [3.8, 4) is 0 Å². The van der Waals surface area contributed by atoms with E-state index in [0.717, 1.165) is 50.5 Å². The van der Waals surface area contributed by atoms with E-state index in [1.54, 1.807) is 22.0 Å². The molecule has 0 saturated carbocycles. The Morgan fingerprint density at radius 1 is 1.02 bits per heavy atom. The minimum atomic E-state index is -0.999. The molecule has 230 valence electrons. The Labute approximate surface area is 251 Å². The van der Waals surface area contributed by atoms with Crippen LogP contribution in [0.5, 0.6) is 0 Å². The molecule has 3 amide bonds. The van der Waals surface area contributed by atoms with E-state index in [1.807, 2.05) is 35.2 Å². The molecule has 42 heavy (non-hydrogen) atoms. The van der Waals surface area contributed by atoms with Gasteiger partial charge in [0.25, 0.3) is 0 Å². The minimum Gasteiger partial charge on any atom is -0.396 e. The maximum Gasteiger partial charge on any atom is 0.248 e. The zero-order valence-electron chi connectivity index (χ0n) is 25.3. The first-order valence-electron chi connectivity index (χ1n) is 15.9. The number of carbonyl (C=O) groups excluding carboxylic acids is 3. The number of hydrogen-bond donors (Lipinski definition) is 1. The summed E-state index contributed by atoms with van der Waals surface area (Å²) >= 11 is 0. The second-order valence-corrected chi connectivity index (χ2v) is 12.0. The number of amides is 3. The third-order valence-corrected chi connectivity index (χ3v) is 9.20. The molecule has 0 aromatic heterocycles. The number of nitrogens with zero attached hydrogens (tertiary/aromatic N) is 3. The van der Waals surface area contributed by atoms with Crippen LogP contribution in [0.1, 0.15) is 70.3 Å². The number of likely N-dealkylation sites (tertiary alicyclic amines) is 1. The average molecular weight is 580 g/mol. The highest BCUT2D eigenvalue weighted by atomic mass is 16.5. The number of aliphatic hydroxyl groups excluding tert-OH is 1. The fourth-order valence-electron chi connectivity index (χ4n) is 7.28. The number of rotatable bonds is 18. The SMILES string of the molecule is C=CCN(CCCCC)C(=O)C1N(CCCCCCO)C(=O)[C@@H]2[C@@H](C(=O)N(CC=C)Cc3ccccc3)[C@H]3CCC12O3. The predicted octanol–water partition coefficient (Wildman–Crippen LogP) is 4.33. The van der Waals surface area contributed by atoms with Crippen LogP contribution in [0, 0.1) is 11.8 Å². The first-order chi connectivity index (χ1) is 20.4. The zero-order valence-corrected chi connectivity index (χ0v) is 25.3. The number of fused-ring (bicyclic) bond motifs is 1.